The standard InChI is InChI=1S/C13H16F2OS/c14-11-6-9(8-16)7-12(15)13(11)17-10-4-2-1-3-5-10/h6-7,10,16H,1-5,8H2. The molecule has 0 spiro atoms. The predicted molar refractivity (Wildman–Crippen MR) is 65.0 cm³/mol. The van der Waals surface area contributed by atoms with Gasteiger partial charge in [0.1, 0.15) is 11.6 Å². The van der Waals surface area contributed by atoms with E-state index in [1.165, 1.54) is 30.3 Å². The minimum absolute atomic E-state index is 0.106. The lowest BCUT2D eigenvalue weighted by molar-refractivity contribution is 0.280. The highest BCUT2D eigenvalue weighted by atomic mass is 32.2. The van der Waals surface area contributed by atoms with Crippen molar-refractivity contribution in [3.63, 3.8) is 0 Å². The Morgan fingerprint density at radius 3 is 2.24 bits per heavy atom. The molecular weight excluding hydrogens is 242 g/mol. The van der Waals surface area contributed by atoms with Crippen molar-refractivity contribution in [3.8, 4) is 0 Å². The highest BCUT2D eigenvalue weighted by molar-refractivity contribution is 8.00. The van der Waals surface area contributed by atoms with Gasteiger partial charge >= 0.3 is 0 Å². The number of benzene rings is 1. The Hall–Kier alpha value is -0.610. The molecule has 2 rings (SSSR count). The van der Waals surface area contributed by atoms with Crippen molar-refractivity contribution in [3.05, 3.63) is 29.3 Å². The fraction of sp³-hybridized carbons (Fsp3) is 0.538. The second-order valence-electron chi connectivity index (χ2n) is 4.42. The van der Waals surface area contributed by atoms with Gasteiger partial charge in [-0.15, -0.1) is 11.8 Å². The van der Waals surface area contributed by atoms with Crippen LogP contribution in [0.15, 0.2) is 17.0 Å². The van der Waals surface area contributed by atoms with Gasteiger partial charge in [0, 0.05) is 5.25 Å². The van der Waals surface area contributed by atoms with Crippen molar-refractivity contribution in [1.82, 2.24) is 0 Å². The van der Waals surface area contributed by atoms with E-state index in [4.69, 9.17) is 5.11 Å². The summed E-state index contributed by atoms with van der Waals surface area (Å²) in [5.41, 5.74) is 0.285. The first-order valence-corrected chi connectivity index (χ1v) is 6.84. The summed E-state index contributed by atoms with van der Waals surface area (Å²) >= 11 is 1.31. The molecule has 1 aromatic carbocycles. The normalized spacial score (nSPS) is 17.4. The fourth-order valence-corrected chi connectivity index (χ4v) is 3.41. The van der Waals surface area contributed by atoms with Gasteiger partial charge < -0.3 is 5.11 Å². The second kappa shape index (κ2) is 5.83. The van der Waals surface area contributed by atoms with Crippen molar-refractivity contribution >= 4 is 11.8 Å². The van der Waals surface area contributed by atoms with E-state index in [1.807, 2.05) is 0 Å². The maximum absolute atomic E-state index is 13.7. The van der Waals surface area contributed by atoms with Gasteiger partial charge in [0.15, 0.2) is 0 Å². The lowest BCUT2D eigenvalue weighted by atomic mass is 10.0. The van der Waals surface area contributed by atoms with Crippen LogP contribution in [0.25, 0.3) is 0 Å². The smallest absolute Gasteiger partial charge is 0.140 e. The number of aliphatic hydroxyl groups is 1. The van der Waals surface area contributed by atoms with Gasteiger partial charge in [-0.3, -0.25) is 0 Å². The summed E-state index contributed by atoms with van der Waals surface area (Å²) in [4.78, 5) is 0.106. The number of rotatable bonds is 3. The largest absolute Gasteiger partial charge is 0.392 e. The third kappa shape index (κ3) is 3.19. The van der Waals surface area contributed by atoms with Crippen molar-refractivity contribution in [2.24, 2.45) is 0 Å². The molecule has 0 radical (unpaired) electrons. The molecule has 0 atom stereocenters. The molecule has 0 aliphatic heterocycles. The number of hydrogen-bond donors (Lipinski definition) is 1. The molecule has 1 N–H and O–H groups in total. The van der Waals surface area contributed by atoms with Crippen LogP contribution in [0.1, 0.15) is 37.7 Å². The highest BCUT2D eigenvalue weighted by Gasteiger charge is 2.19. The van der Waals surface area contributed by atoms with Crippen LogP contribution in [0.3, 0.4) is 0 Å². The van der Waals surface area contributed by atoms with Crippen molar-refractivity contribution in [2.45, 2.75) is 48.9 Å². The summed E-state index contributed by atoms with van der Waals surface area (Å²) < 4.78 is 27.4. The molecular formula is C13H16F2OS. The number of hydrogen-bond acceptors (Lipinski definition) is 2. The molecule has 1 aliphatic carbocycles. The van der Waals surface area contributed by atoms with Crippen molar-refractivity contribution in [2.75, 3.05) is 0 Å². The number of halogens is 2. The summed E-state index contributed by atoms with van der Waals surface area (Å²) in [6, 6.07) is 2.43. The monoisotopic (exact) mass is 258 g/mol. The Balaban J connectivity index is 2.14. The Labute approximate surface area is 104 Å². The van der Waals surface area contributed by atoms with E-state index in [0.29, 0.717) is 5.25 Å². The molecule has 1 aromatic rings. The average Bonchev–Trinajstić information content (AvgIpc) is 2.35. The first-order chi connectivity index (χ1) is 8.20. The number of aliphatic hydroxyl groups excluding tert-OH is 1. The zero-order valence-corrected chi connectivity index (χ0v) is 10.4. The summed E-state index contributed by atoms with van der Waals surface area (Å²) in [5, 5.41) is 9.19. The molecule has 94 valence electrons. The predicted octanol–water partition coefficient (Wildman–Crippen LogP) is 3.88. The molecule has 1 fully saturated rings. The Kier molecular flexibility index (Phi) is 4.40. The molecule has 1 saturated carbocycles. The van der Waals surface area contributed by atoms with Gasteiger partial charge in [-0.25, -0.2) is 8.78 Å². The Morgan fingerprint density at radius 1 is 1.12 bits per heavy atom. The van der Waals surface area contributed by atoms with Gasteiger partial charge in [0.25, 0.3) is 0 Å². The molecule has 1 nitrogen and oxygen atoms in total. The molecule has 0 heterocycles. The molecule has 0 aromatic heterocycles. The first kappa shape index (κ1) is 12.8. The minimum atomic E-state index is -0.551. The highest BCUT2D eigenvalue weighted by Crippen LogP contribution is 2.36. The van der Waals surface area contributed by atoms with Crippen LogP contribution in [0.5, 0.6) is 0 Å². The van der Waals surface area contributed by atoms with E-state index in [2.05, 4.69) is 0 Å². The van der Waals surface area contributed by atoms with Crippen LogP contribution < -0.4 is 0 Å². The fourth-order valence-electron chi connectivity index (χ4n) is 2.17. The van der Waals surface area contributed by atoms with Crippen molar-refractivity contribution in [1.29, 1.82) is 0 Å². The Bertz CT molecular complexity index is 366. The van der Waals surface area contributed by atoms with Gasteiger partial charge in [-0.2, -0.15) is 0 Å². The maximum atomic E-state index is 13.7. The van der Waals surface area contributed by atoms with Crippen molar-refractivity contribution < 1.29 is 13.9 Å². The number of thioether (sulfide) groups is 1. The van der Waals surface area contributed by atoms with E-state index in [-0.39, 0.29) is 17.1 Å². The summed E-state index contributed by atoms with van der Waals surface area (Å²) in [5.74, 6) is -1.10. The summed E-state index contributed by atoms with van der Waals surface area (Å²) in [6.45, 7) is -0.331. The SMILES string of the molecule is OCc1cc(F)c(SC2CCCCC2)c(F)c1. The third-order valence-electron chi connectivity index (χ3n) is 3.08. The van der Waals surface area contributed by atoms with Crippen LogP contribution >= 0.6 is 11.8 Å². The van der Waals surface area contributed by atoms with Crippen LogP contribution in [0.2, 0.25) is 0 Å². The van der Waals surface area contributed by atoms with Crippen LogP contribution in [0.4, 0.5) is 8.78 Å². The van der Waals surface area contributed by atoms with E-state index >= 15 is 0 Å². The molecule has 0 unspecified atom stereocenters. The molecule has 4 heteroatoms. The lowest BCUT2D eigenvalue weighted by Gasteiger charge is -2.21. The zero-order chi connectivity index (χ0) is 12.3. The molecule has 0 bridgehead atoms. The lowest BCUT2D eigenvalue weighted by Crippen LogP contribution is -2.09. The van der Waals surface area contributed by atoms with E-state index < -0.39 is 11.6 Å². The second-order valence-corrected chi connectivity index (χ2v) is 5.74. The Morgan fingerprint density at radius 2 is 1.71 bits per heavy atom. The summed E-state index contributed by atoms with van der Waals surface area (Å²) in [7, 11) is 0. The van der Waals surface area contributed by atoms with E-state index in [9.17, 15) is 8.78 Å². The molecule has 0 saturated heterocycles. The minimum Gasteiger partial charge on any atom is -0.392 e. The topological polar surface area (TPSA) is 20.2 Å². The average molecular weight is 258 g/mol. The molecule has 1 aliphatic rings. The maximum Gasteiger partial charge on any atom is 0.140 e. The zero-order valence-electron chi connectivity index (χ0n) is 9.59. The third-order valence-corrected chi connectivity index (χ3v) is 4.51. The van der Waals surface area contributed by atoms with Gasteiger partial charge in [-0.1, -0.05) is 19.3 Å². The van der Waals surface area contributed by atoms with Crippen LogP contribution in [0, 0.1) is 11.6 Å². The van der Waals surface area contributed by atoms with E-state index in [1.54, 1.807) is 0 Å². The molecule has 17 heavy (non-hydrogen) atoms. The van der Waals surface area contributed by atoms with Crippen LogP contribution in [-0.4, -0.2) is 10.4 Å². The molecule has 0 amide bonds. The van der Waals surface area contributed by atoms with E-state index in [0.717, 1.165) is 25.7 Å². The van der Waals surface area contributed by atoms with Gasteiger partial charge in [-0.05, 0) is 30.5 Å². The summed E-state index contributed by atoms with van der Waals surface area (Å²) in [6.07, 6.45) is 5.59. The van der Waals surface area contributed by atoms with Gasteiger partial charge in [0.05, 0.1) is 11.5 Å². The van der Waals surface area contributed by atoms with Gasteiger partial charge in [0.2, 0.25) is 0 Å². The first-order valence-electron chi connectivity index (χ1n) is 5.96. The quantitative estimate of drug-likeness (QED) is 0.887. The van der Waals surface area contributed by atoms with Crippen LogP contribution in [-0.2, 0) is 6.61 Å².